The van der Waals surface area contributed by atoms with E-state index in [4.69, 9.17) is 21.1 Å². The number of methoxy groups -OCH3 is 1. The molecule has 2 rings (SSSR count). The van der Waals surface area contributed by atoms with Crippen LogP contribution in [-0.2, 0) is 16.0 Å². The highest BCUT2D eigenvalue weighted by molar-refractivity contribution is 6.31. The van der Waals surface area contributed by atoms with Gasteiger partial charge in [0.05, 0.1) is 12.7 Å². The molecule has 1 aliphatic rings. The maximum absolute atomic E-state index is 6.37. The molecule has 1 aromatic carbocycles. The molecule has 1 fully saturated rings. The van der Waals surface area contributed by atoms with Crippen LogP contribution >= 0.6 is 11.6 Å². The van der Waals surface area contributed by atoms with Gasteiger partial charge in [-0.3, -0.25) is 0 Å². The summed E-state index contributed by atoms with van der Waals surface area (Å²) in [7, 11) is 3.81. The van der Waals surface area contributed by atoms with E-state index < -0.39 is 0 Å². The Balaban J connectivity index is 2.00. The van der Waals surface area contributed by atoms with Crippen molar-refractivity contribution in [1.29, 1.82) is 0 Å². The van der Waals surface area contributed by atoms with Gasteiger partial charge in [0, 0.05) is 56.7 Å². The van der Waals surface area contributed by atoms with Gasteiger partial charge in [-0.15, -0.1) is 0 Å². The molecular formula is C16H25ClN2O2. The van der Waals surface area contributed by atoms with E-state index in [1.54, 1.807) is 7.11 Å². The molecule has 0 aliphatic carbocycles. The van der Waals surface area contributed by atoms with Crippen molar-refractivity contribution in [2.45, 2.75) is 25.5 Å². The van der Waals surface area contributed by atoms with Gasteiger partial charge in [0.15, 0.2) is 0 Å². The number of nitrogens with one attached hydrogen (secondary N) is 1. The fourth-order valence-electron chi connectivity index (χ4n) is 2.66. The monoisotopic (exact) mass is 312 g/mol. The van der Waals surface area contributed by atoms with Crippen molar-refractivity contribution in [3.8, 4) is 0 Å². The lowest BCUT2D eigenvalue weighted by Crippen LogP contribution is -2.30. The Hall–Kier alpha value is -0.810. The molecule has 4 nitrogen and oxygen atoms in total. The number of nitrogens with zero attached hydrogens (tertiary/aromatic N) is 1. The van der Waals surface area contributed by atoms with E-state index >= 15 is 0 Å². The molecule has 1 N–H and O–H groups in total. The number of rotatable bonds is 8. The van der Waals surface area contributed by atoms with Gasteiger partial charge in [0.25, 0.3) is 0 Å². The lowest BCUT2D eigenvalue weighted by molar-refractivity contribution is 0.116. The number of hydrogen-bond acceptors (Lipinski definition) is 4. The van der Waals surface area contributed by atoms with Crippen LogP contribution in [0.15, 0.2) is 18.2 Å². The van der Waals surface area contributed by atoms with Crippen molar-refractivity contribution in [1.82, 2.24) is 5.32 Å². The number of hydrogen-bond donors (Lipinski definition) is 1. The van der Waals surface area contributed by atoms with E-state index in [-0.39, 0.29) is 0 Å². The number of likely N-dealkylation sites (N-methyl/N-ethyl adjacent to an activating group) is 1. The van der Waals surface area contributed by atoms with Gasteiger partial charge >= 0.3 is 0 Å². The van der Waals surface area contributed by atoms with Gasteiger partial charge in [0.2, 0.25) is 0 Å². The van der Waals surface area contributed by atoms with E-state index in [2.05, 4.69) is 23.3 Å². The summed E-state index contributed by atoms with van der Waals surface area (Å²) < 4.78 is 10.8. The molecule has 118 valence electrons. The average Bonchev–Trinajstić information content (AvgIpc) is 2.97. The summed E-state index contributed by atoms with van der Waals surface area (Å²) in [5, 5.41) is 4.17. The molecule has 0 amide bonds. The highest BCUT2D eigenvalue weighted by atomic mass is 35.5. The fourth-order valence-corrected chi connectivity index (χ4v) is 2.90. The number of ether oxygens (including phenoxy) is 2. The smallest absolute Gasteiger partial charge is 0.0750 e. The van der Waals surface area contributed by atoms with E-state index in [0.29, 0.717) is 12.7 Å². The van der Waals surface area contributed by atoms with Crippen molar-refractivity contribution >= 4 is 17.3 Å². The van der Waals surface area contributed by atoms with Crippen LogP contribution in [0.5, 0.6) is 0 Å². The molecule has 0 bridgehead atoms. The highest BCUT2D eigenvalue weighted by Gasteiger charge is 2.19. The summed E-state index contributed by atoms with van der Waals surface area (Å²) in [6, 6.07) is 6.06. The van der Waals surface area contributed by atoms with Crippen LogP contribution in [0, 0.1) is 0 Å². The molecule has 0 spiro atoms. The molecule has 0 saturated carbocycles. The third-order valence-electron chi connectivity index (χ3n) is 3.79. The van der Waals surface area contributed by atoms with Crippen LogP contribution < -0.4 is 10.2 Å². The van der Waals surface area contributed by atoms with Crippen LogP contribution in [0.3, 0.4) is 0 Å². The maximum Gasteiger partial charge on any atom is 0.0750 e. The summed E-state index contributed by atoms with van der Waals surface area (Å²) in [6.45, 7) is 4.06. The van der Waals surface area contributed by atoms with Gasteiger partial charge in [0.1, 0.15) is 0 Å². The molecular weight excluding hydrogens is 288 g/mol. The molecule has 0 radical (unpaired) electrons. The van der Waals surface area contributed by atoms with Gasteiger partial charge in [-0.05, 0) is 25.0 Å². The first-order valence-electron chi connectivity index (χ1n) is 7.52. The quantitative estimate of drug-likeness (QED) is 0.748. The van der Waals surface area contributed by atoms with E-state index in [1.807, 2.05) is 12.1 Å². The molecule has 1 aromatic rings. The molecule has 5 heteroatoms. The predicted molar refractivity (Wildman–Crippen MR) is 87.3 cm³/mol. The Labute approximate surface area is 132 Å². The van der Waals surface area contributed by atoms with E-state index in [0.717, 1.165) is 43.2 Å². The minimum absolute atomic E-state index is 0.336. The summed E-state index contributed by atoms with van der Waals surface area (Å²) in [4.78, 5) is 2.25. The molecule has 1 unspecified atom stereocenters. The highest BCUT2D eigenvalue weighted by Crippen LogP contribution is 2.28. The second kappa shape index (κ2) is 8.59. The summed E-state index contributed by atoms with van der Waals surface area (Å²) in [6.07, 6.45) is 2.65. The molecule has 1 heterocycles. The second-order valence-electron chi connectivity index (χ2n) is 5.42. The minimum Gasteiger partial charge on any atom is -0.383 e. The van der Waals surface area contributed by atoms with Crippen molar-refractivity contribution < 1.29 is 9.47 Å². The van der Waals surface area contributed by atoms with Crippen LogP contribution in [0.2, 0.25) is 5.02 Å². The normalized spacial score (nSPS) is 18.1. The first-order chi connectivity index (χ1) is 10.2. The van der Waals surface area contributed by atoms with Crippen LogP contribution in [0.1, 0.15) is 18.4 Å². The van der Waals surface area contributed by atoms with Crippen molar-refractivity contribution in [3.63, 3.8) is 0 Å². The summed E-state index contributed by atoms with van der Waals surface area (Å²) >= 11 is 6.37. The van der Waals surface area contributed by atoms with E-state index in [1.165, 1.54) is 12.1 Å². The van der Waals surface area contributed by atoms with Gasteiger partial charge in [-0.25, -0.2) is 0 Å². The lowest BCUT2D eigenvalue weighted by Gasteiger charge is -2.26. The topological polar surface area (TPSA) is 33.7 Å². The second-order valence-corrected chi connectivity index (χ2v) is 5.83. The number of anilines is 1. The molecule has 0 aromatic heterocycles. The number of halogens is 1. The zero-order chi connectivity index (χ0) is 15.1. The maximum atomic E-state index is 6.37. The Morgan fingerprint density at radius 3 is 3.05 bits per heavy atom. The van der Waals surface area contributed by atoms with Crippen LogP contribution in [0.4, 0.5) is 5.69 Å². The number of benzene rings is 1. The van der Waals surface area contributed by atoms with Gasteiger partial charge < -0.3 is 19.7 Å². The zero-order valence-electron chi connectivity index (χ0n) is 12.9. The summed E-state index contributed by atoms with van der Waals surface area (Å²) in [5.41, 5.74) is 2.30. The van der Waals surface area contributed by atoms with Crippen molar-refractivity contribution in [3.05, 3.63) is 28.8 Å². The summed E-state index contributed by atoms with van der Waals surface area (Å²) in [5.74, 6) is 0. The first-order valence-corrected chi connectivity index (χ1v) is 7.90. The van der Waals surface area contributed by atoms with Crippen molar-refractivity contribution in [2.75, 3.05) is 45.4 Å². The third-order valence-corrected chi connectivity index (χ3v) is 4.15. The van der Waals surface area contributed by atoms with E-state index in [9.17, 15) is 0 Å². The average molecular weight is 313 g/mol. The van der Waals surface area contributed by atoms with Crippen molar-refractivity contribution in [2.24, 2.45) is 0 Å². The Morgan fingerprint density at radius 2 is 2.33 bits per heavy atom. The molecule has 21 heavy (non-hydrogen) atoms. The third kappa shape index (κ3) is 4.85. The first kappa shape index (κ1) is 16.6. The molecule has 1 atom stereocenters. The Bertz CT molecular complexity index is 436. The largest absolute Gasteiger partial charge is 0.383 e. The fraction of sp³-hybridized carbons (Fsp3) is 0.625. The SMILES string of the molecule is COCCNCc1c(Cl)cccc1N(C)CC1CCCO1. The standard InChI is InChI=1S/C16H25ClN2O2/c1-19(12-13-5-4-9-21-13)16-7-3-6-15(17)14(16)11-18-8-10-20-2/h3,6-7,13,18H,4-5,8-12H2,1-2H3. The van der Waals surface area contributed by atoms with Gasteiger partial charge in [-0.1, -0.05) is 17.7 Å². The van der Waals surface area contributed by atoms with Crippen LogP contribution in [0.25, 0.3) is 0 Å². The van der Waals surface area contributed by atoms with Gasteiger partial charge in [-0.2, -0.15) is 0 Å². The predicted octanol–water partition coefficient (Wildman–Crippen LogP) is 2.69. The molecule has 1 saturated heterocycles. The minimum atomic E-state index is 0.336. The van der Waals surface area contributed by atoms with Crippen LogP contribution in [-0.4, -0.2) is 46.6 Å². The zero-order valence-corrected chi connectivity index (χ0v) is 13.7. The Kier molecular flexibility index (Phi) is 6.77. The molecule has 1 aliphatic heterocycles. The Morgan fingerprint density at radius 1 is 1.48 bits per heavy atom. The lowest BCUT2D eigenvalue weighted by atomic mass is 10.1.